The number of halogens is 3. The molecule has 2 heterocycles. The summed E-state index contributed by atoms with van der Waals surface area (Å²) >= 11 is 0. The molecule has 6 nitrogen and oxygen atoms in total. The average Bonchev–Trinajstić information content (AvgIpc) is 2.80. The predicted octanol–water partition coefficient (Wildman–Crippen LogP) is 3.15. The molecule has 34 heavy (non-hydrogen) atoms. The highest BCUT2D eigenvalue weighted by molar-refractivity contribution is 5.99. The molecular formula is C25H28ClF2N3O3. The van der Waals surface area contributed by atoms with Gasteiger partial charge in [0.1, 0.15) is 11.6 Å². The molecule has 0 unspecified atom stereocenters. The van der Waals surface area contributed by atoms with E-state index in [1.165, 1.54) is 35.2 Å². The van der Waals surface area contributed by atoms with Crippen LogP contribution < -0.4 is 0 Å². The fraction of sp³-hybridized carbons (Fsp3) is 0.400. The van der Waals surface area contributed by atoms with Gasteiger partial charge in [0.25, 0.3) is 0 Å². The van der Waals surface area contributed by atoms with Crippen LogP contribution in [0.4, 0.5) is 8.78 Å². The molecule has 2 amide bonds. The van der Waals surface area contributed by atoms with Crippen molar-refractivity contribution in [1.82, 2.24) is 14.7 Å². The molecule has 0 radical (unpaired) electrons. The Hall–Kier alpha value is -2.68. The third-order valence-corrected chi connectivity index (χ3v) is 6.40. The molecule has 0 spiro atoms. The van der Waals surface area contributed by atoms with Gasteiger partial charge in [0.05, 0.1) is 13.1 Å². The van der Waals surface area contributed by atoms with Crippen molar-refractivity contribution >= 4 is 30.0 Å². The van der Waals surface area contributed by atoms with E-state index in [0.29, 0.717) is 50.1 Å². The van der Waals surface area contributed by atoms with Crippen LogP contribution in [0.2, 0.25) is 0 Å². The lowest BCUT2D eigenvalue weighted by Gasteiger charge is -2.35. The number of benzene rings is 2. The highest BCUT2D eigenvalue weighted by Gasteiger charge is 2.32. The molecule has 2 aromatic rings. The van der Waals surface area contributed by atoms with Crippen LogP contribution in [0.5, 0.6) is 0 Å². The van der Waals surface area contributed by atoms with Gasteiger partial charge in [-0.25, -0.2) is 8.78 Å². The molecule has 2 aliphatic rings. The van der Waals surface area contributed by atoms with E-state index < -0.39 is 0 Å². The zero-order chi connectivity index (χ0) is 23.4. The van der Waals surface area contributed by atoms with Gasteiger partial charge in [0.2, 0.25) is 11.8 Å². The number of amides is 2. The van der Waals surface area contributed by atoms with E-state index in [1.54, 1.807) is 23.1 Å². The first-order chi connectivity index (χ1) is 15.9. The number of carbonyl (C=O) groups excluding carboxylic acids is 3. The molecule has 182 valence electrons. The summed E-state index contributed by atoms with van der Waals surface area (Å²) in [7, 11) is 0. The summed E-state index contributed by atoms with van der Waals surface area (Å²) in [5, 5.41) is 0. The van der Waals surface area contributed by atoms with Gasteiger partial charge in [-0.1, -0.05) is 18.2 Å². The molecule has 0 atom stereocenters. The van der Waals surface area contributed by atoms with Crippen molar-refractivity contribution in [2.45, 2.75) is 19.4 Å². The zero-order valence-corrected chi connectivity index (χ0v) is 19.6. The highest BCUT2D eigenvalue weighted by Crippen LogP contribution is 2.22. The lowest BCUT2D eigenvalue weighted by Crippen LogP contribution is -2.55. The molecule has 4 rings (SSSR count). The molecule has 2 saturated heterocycles. The molecule has 2 aliphatic heterocycles. The summed E-state index contributed by atoms with van der Waals surface area (Å²) in [5.41, 5.74) is 0.990. The van der Waals surface area contributed by atoms with E-state index in [2.05, 4.69) is 4.90 Å². The number of Topliss-reactive ketones (excluding diaryl/α,β-unsaturated/α-hetero) is 1. The smallest absolute Gasteiger partial charge is 0.243 e. The quantitative estimate of drug-likeness (QED) is 0.440. The maximum absolute atomic E-state index is 13.9. The zero-order valence-electron chi connectivity index (χ0n) is 18.8. The Labute approximate surface area is 203 Å². The number of ketones is 1. The van der Waals surface area contributed by atoms with Gasteiger partial charge >= 0.3 is 0 Å². The lowest BCUT2D eigenvalue weighted by atomic mass is 9.89. The molecule has 0 aliphatic carbocycles. The van der Waals surface area contributed by atoms with E-state index in [9.17, 15) is 23.2 Å². The summed E-state index contributed by atoms with van der Waals surface area (Å²) in [6.07, 6.45) is 1.38. The van der Waals surface area contributed by atoms with Crippen LogP contribution in [0.25, 0.3) is 0 Å². The maximum atomic E-state index is 13.9. The van der Waals surface area contributed by atoms with E-state index in [-0.39, 0.29) is 67.2 Å². The predicted molar refractivity (Wildman–Crippen MR) is 126 cm³/mol. The van der Waals surface area contributed by atoms with Crippen LogP contribution in [0.15, 0.2) is 48.5 Å². The van der Waals surface area contributed by atoms with Gasteiger partial charge in [-0.2, -0.15) is 0 Å². The van der Waals surface area contributed by atoms with E-state index in [0.717, 1.165) is 0 Å². The normalized spacial score (nSPS) is 18.1. The molecule has 2 aromatic carbocycles. The van der Waals surface area contributed by atoms with Crippen LogP contribution in [0.3, 0.4) is 0 Å². The van der Waals surface area contributed by atoms with Gasteiger partial charge in [-0.3, -0.25) is 24.2 Å². The summed E-state index contributed by atoms with van der Waals surface area (Å²) in [5.74, 6) is -1.32. The summed E-state index contributed by atoms with van der Waals surface area (Å²) in [4.78, 5) is 42.9. The first-order valence-corrected chi connectivity index (χ1v) is 11.2. The Morgan fingerprint density at radius 2 is 1.47 bits per heavy atom. The number of piperidine rings is 1. The standard InChI is InChI=1S/C25H27F2N3O3.ClH/c26-21-7-5-18(6-8-21)25(33)19-9-11-28(12-10-19)13-14-30-23(31)16-29(17-24(30)32)15-20-3-1-2-4-22(20)27;/h1-8,19H,9-17H2;1H. The van der Waals surface area contributed by atoms with Gasteiger partial charge in [-0.05, 0) is 56.3 Å². The summed E-state index contributed by atoms with van der Waals surface area (Å²) in [6, 6.07) is 12.0. The highest BCUT2D eigenvalue weighted by atomic mass is 35.5. The number of imide groups is 1. The molecule has 0 aromatic heterocycles. The Morgan fingerprint density at radius 3 is 2.09 bits per heavy atom. The number of nitrogens with zero attached hydrogens (tertiary/aromatic N) is 3. The van der Waals surface area contributed by atoms with Gasteiger partial charge in [0.15, 0.2) is 5.78 Å². The van der Waals surface area contributed by atoms with Crippen molar-refractivity contribution in [3.63, 3.8) is 0 Å². The average molecular weight is 492 g/mol. The second kappa shape index (κ2) is 11.6. The molecule has 9 heteroatoms. The monoisotopic (exact) mass is 491 g/mol. The number of hydrogen-bond acceptors (Lipinski definition) is 5. The summed E-state index contributed by atoms with van der Waals surface area (Å²) in [6.45, 7) is 2.64. The number of carbonyl (C=O) groups is 3. The van der Waals surface area contributed by atoms with Crippen molar-refractivity contribution in [1.29, 1.82) is 0 Å². The van der Waals surface area contributed by atoms with Crippen molar-refractivity contribution in [3.8, 4) is 0 Å². The second-order valence-corrected chi connectivity index (χ2v) is 8.66. The van der Waals surface area contributed by atoms with Crippen LogP contribution >= 0.6 is 12.4 Å². The minimum Gasteiger partial charge on any atom is -0.302 e. The topological polar surface area (TPSA) is 60.9 Å². The fourth-order valence-corrected chi connectivity index (χ4v) is 4.49. The molecule has 0 N–H and O–H groups in total. The van der Waals surface area contributed by atoms with E-state index in [1.807, 2.05) is 0 Å². The van der Waals surface area contributed by atoms with Crippen LogP contribution in [-0.4, -0.2) is 71.6 Å². The van der Waals surface area contributed by atoms with Crippen LogP contribution in [0.1, 0.15) is 28.8 Å². The number of piperazine rings is 1. The second-order valence-electron chi connectivity index (χ2n) is 8.66. The third-order valence-electron chi connectivity index (χ3n) is 6.40. The number of likely N-dealkylation sites (tertiary alicyclic amines) is 1. The third kappa shape index (κ3) is 6.25. The molecule has 2 fully saturated rings. The van der Waals surface area contributed by atoms with Crippen molar-refractivity contribution in [2.75, 3.05) is 39.3 Å². The van der Waals surface area contributed by atoms with E-state index >= 15 is 0 Å². The summed E-state index contributed by atoms with van der Waals surface area (Å²) < 4.78 is 27.0. The van der Waals surface area contributed by atoms with Crippen LogP contribution in [0, 0.1) is 17.6 Å². The lowest BCUT2D eigenvalue weighted by molar-refractivity contribution is -0.151. The Balaban J connectivity index is 0.00000324. The SMILES string of the molecule is Cl.O=C(c1ccc(F)cc1)C1CCN(CCN2C(=O)CN(Cc3ccccc3F)CC2=O)CC1. The van der Waals surface area contributed by atoms with Gasteiger partial charge in [0, 0.05) is 36.7 Å². The molecular weight excluding hydrogens is 464 g/mol. The Bertz CT molecular complexity index is 1010. The minimum absolute atomic E-state index is 0. The fourth-order valence-electron chi connectivity index (χ4n) is 4.49. The van der Waals surface area contributed by atoms with E-state index in [4.69, 9.17) is 0 Å². The molecule has 0 saturated carbocycles. The minimum atomic E-state index is -0.362. The Morgan fingerprint density at radius 1 is 0.853 bits per heavy atom. The van der Waals surface area contributed by atoms with Crippen molar-refractivity contribution in [2.24, 2.45) is 5.92 Å². The van der Waals surface area contributed by atoms with Crippen molar-refractivity contribution in [3.05, 3.63) is 71.3 Å². The first-order valence-electron chi connectivity index (χ1n) is 11.2. The largest absolute Gasteiger partial charge is 0.302 e. The first kappa shape index (κ1) is 25.9. The Kier molecular flexibility index (Phi) is 8.88. The maximum Gasteiger partial charge on any atom is 0.243 e. The van der Waals surface area contributed by atoms with Gasteiger partial charge in [-0.15, -0.1) is 12.4 Å². The van der Waals surface area contributed by atoms with Gasteiger partial charge < -0.3 is 4.90 Å². The number of hydrogen-bond donors (Lipinski definition) is 0. The molecule has 0 bridgehead atoms. The number of rotatable bonds is 7. The van der Waals surface area contributed by atoms with Crippen LogP contribution in [-0.2, 0) is 16.1 Å². The van der Waals surface area contributed by atoms with Crippen molar-refractivity contribution < 1.29 is 23.2 Å².